The maximum absolute atomic E-state index is 13.4. The lowest BCUT2D eigenvalue weighted by Gasteiger charge is -2.21. The van der Waals surface area contributed by atoms with Crippen molar-refractivity contribution in [3.63, 3.8) is 0 Å². The van der Waals surface area contributed by atoms with E-state index >= 15 is 0 Å². The third kappa shape index (κ3) is 3.90. The maximum Gasteiger partial charge on any atom is 0.321 e. The van der Waals surface area contributed by atoms with Gasteiger partial charge in [-0.05, 0) is 31.5 Å². The molecule has 128 valence electrons. The summed E-state index contributed by atoms with van der Waals surface area (Å²) in [4.78, 5) is 17.9. The van der Waals surface area contributed by atoms with Gasteiger partial charge in [0.25, 0.3) is 0 Å². The van der Waals surface area contributed by atoms with Gasteiger partial charge in [-0.3, -0.25) is 0 Å². The van der Waals surface area contributed by atoms with E-state index in [2.05, 4.69) is 10.3 Å². The van der Waals surface area contributed by atoms with Gasteiger partial charge >= 0.3 is 6.03 Å². The molecule has 0 bridgehead atoms. The quantitative estimate of drug-likeness (QED) is 0.890. The first-order valence-electron chi connectivity index (χ1n) is 7.90. The molecule has 1 saturated heterocycles. The molecular formula is C17H19F2N3O2. The first-order valence-corrected chi connectivity index (χ1v) is 7.90. The Balaban J connectivity index is 1.68. The van der Waals surface area contributed by atoms with E-state index in [1.165, 1.54) is 4.90 Å². The Hall–Kier alpha value is -2.44. The normalized spacial score (nSPS) is 17.4. The molecular weight excluding hydrogens is 316 g/mol. The van der Waals surface area contributed by atoms with Crippen molar-refractivity contribution in [1.82, 2.24) is 9.88 Å². The number of amides is 2. The third-order valence-corrected chi connectivity index (χ3v) is 3.99. The van der Waals surface area contributed by atoms with Gasteiger partial charge in [0.1, 0.15) is 5.76 Å². The van der Waals surface area contributed by atoms with E-state index in [-0.39, 0.29) is 25.4 Å². The van der Waals surface area contributed by atoms with E-state index in [1.54, 1.807) is 31.3 Å². The van der Waals surface area contributed by atoms with Crippen LogP contribution >= 0.6 is 0 Å². The van der Waals surface area contributed by atoms with Crippen molar-refractivity contribution in [2.75, 3.05) is 18.4 Å². The molecule has 2 amide bonds. The number of urea groups is 1. The molecule has 0 saturated carbocycles. The minimum absolute atomic E-state index is 0.0530. The number of nitrogens with zero attached hydrogens (tertiary/aromatic N) is 2. The molecule has 1 aliphatic heterocycles. The van der Waals surface area contributed by atoms with Crippen molar-refractivity contribution in [1.29, 1.82) is 0 Å². The SMILES string of the molecule is Cc1cnc(-c2cccc(NC(=O)N3CCCC(F)(F)CC3)c2)o1. The Morgan fingerprint density at radius 3 is 2.92 bits per heavy atom. The molecule has 2 aromatic rings. The predicted octanol–water partition coefficient (Wildman–Crippen LogP) is 4.30. The number of alkyl halides is 2. The number of oxazole rings is 1. The molecule has 5 nitrogen and oxygen atoms in total. The molecule has 1 aromatic carbocycles. The van der Waals surface area contributed by atoms with Crippen molar-refractivity contribution in [3.05, 3.63) is 36.2 Å². The number of aryl methyl sites for hydroxylation is 1. The van der Waals surface area contributed by atoms with Crippen LogP contribution in [0.1, 0.15) is 25.0 Å². The fraction of sp³-hybridized carbons (Fsp3) is 0.412. The smallest absolute Gasteiger partial charge is 0.321 e. The summed E-state index contributed by atoms with van der Waals surface area (Å²) in [5, 5.41) is 2.76. The second-order valence-corrected chi connectivity index (χ2v) is 5.98. The highest BCUT2D eigenvalue weighted by molar-refractivity contribution is 5.90. The summed E-state index contributed by atoms with van der Waals surface area (Å²) in [5.74, 6) is -1.51. The monoisotopic (exact) mass is 335 g/mol. The summed E-state index contributed by atoms with van der Waals surface area (Å²) < 4.78 is 32.3. The second kappa shape index (κ2) is 6.59. The standard InChI is InChI=1S/C17H19F2N3O2/c1-12-11-20-15(24-12)13-4-2-5-14(10-13)21-16(23)22-8-3-6-17(18,19)7-9-22/h2,4-5,10-11H,3,6-9H2,1H3,(H,21,23). The summed E-state index contributed by atoms with van der Waals surface area (Å²) in [7, 11) is 0. The minimum atomic E-state index is -2.68. The summed E-state index contributed by atoms with van der Waals surface area (Å²) in [6.07, 6.45) is 1.46. The van der Waals surface area contributed by atoms with E-state index in [1.807, 2.05) is 6.07 Å². The second-order valence-electron chi connectivity index (χ2n) is 5.98. The van der Waals surface area contributed by atoms with Crippen LogP contribution in [0.3, 0.4) is 0 Å². The Morgan fingerprint density at radius 2 is 2.17 bits per heavy atom. The number of aromatic nitrogens is 1. The number of hydrogen-bond donors (Lipinski definition) is 1. The number of rotatable bonds is 2. The van der Waals surface area contributed by atoms with Gasteiger partial charge in [0, 0.05) is 37.2 Å². The molecule has 1 aromatic heterocycles. The van der Waals surface area contributed by atoms with Gasteiger partial charge in [-0.25, -0.2) is 18.6 Å². The number of benzene rings is 1. The highest BCUT2D eigenvalue weighted by Gasteiger charge is 2.33. The zero-order chi connectivity index (χ0) is 17.2. The number of anilines is 1. The zero-order valence-corrected chi connectivity index (χ0v) is 13.4. The lowest BCUT2D eigenvalue weighted by molar-refractivity contribution is -0.0121. The summed E-state index contributed by atoms with van der Waals surface area (Å²) in [6.45, 7) is 2.19. The average Bonchev–Trinajstić information content (AvgIpc) is 2.88. The van der Waals surface area contributed by atoms with Crippen LogP contribution < -0.4 is 5.32 Å². The van der Waals surface area contributed by atoms with Crippen LogP contribution in [0.5, 0.6) is 0 Å². The molecule has 0 atom stereocenters. The number of carbonyl (C=O) groups excluding carboxylic acids is 1. The first-order chi connectivity index (χ1) is 11.4. The predicted molar refractivity (Wildman–Crippen MR) is 86.1 cm³/mol. The molecule has 0 aliphatic carbocycles. The molecule has 1 N–H and O–H groups in total. The third-order valence-electron chi connectivity index (χ3n) is 3.99. The van der Waals surface area contributed by atoms with Crippen molar-refractivity contribution in [2.24, 2.45) is 0 Å². The van der Waals surface area contributed by atoms with E-state index in [4.69, 9.17) is 4.42 Å². The van der Waals surface area contributed by atoms with E-state index < -0.39 is 5.92 Å². The van der Waals surface area contributed by atoms with Crippen LogP contribution in [-0.2, 0) is 0 Å². The van der Waals surface area contributed by atoms with Gasteiger partial charge in [0.05, 0.1) is 6.20 Å². The molecule has 0 unspecified atom stereocenters. The lowest BCUT2D eigenvalue weighted by atomic mass is 10.1. The molecule has 0 spiro atoms. The van der Waals surface area contributed by atoms with Crippen molar-refractivity contribution in [3.8, 4) is 11.5 Å². The van der Waals surface area contributed by atoms with Crippen LogP contribution in [0.15, 0.2) is 34.9 Å². The number of carbonyl (C=O) groups is 1. The highest BCUT2D eigenvalue weighted by Crippen LogP contribution is 2.28. The van der Waals surface area contributed by atoms with E-state index in [9.17, 15) is 13.6 Å². The fourth-order valence-electron chi connectivity index (χ4n) is 2.69. The zero-order valence-electron chi connectivity index (χ0n) is 13.4. The van der Waals surface area contributed by atoms with Crippen molar-refractivity contribution in [2.45, 2.75) is 32.1 Å². The maximum atomic E-state index is 13.4. The molecule has 2 heterocycles. The molecule has 0 radical (unpaired) electrons. The fourth-order valence-corrected chi connectivity index (χ4v) is 2.69. The van der Waals surface area contributed by atoms with Crippen LogP contribution in [-0.4, -0.2) is 34.9 Å². The Kier molecular flexibility index (Phi) is 4.51. The summed E-state index contributed by atoms with van der Waals surface area (Å²) in [5.41, 5.74) is 1.31. The largest absolute Gasteiger partial charge is 0.441 e. The average molecular weight is 335 g/mol. The number of halogens is 2. The molecule has 7 heteroatoms. The molecule has 3 rings (SSSR count). The van der Waals surface area contributed by atoms with Gasteiger partial charge in [-0.1, -0.05) is 6.07 Å². The topological polar surface area (TPSA) is 58.4 Å². The highest BCUT2D eigenvalue weighted by atomic mass is 19.3. The summed E-state index contributed by atoms with van der Waals surface area (Å²) in [6, 6.07) is 6.72. The van der Waals surface area contributed by atoms with E-state index in [0.717, 1.165) is 5.56 Å². The molecule has 24 heavy (non-hydrogen) atoms. The number of nitrogens with one attached hydrogen (secondary N) is 1. The Labute approximate surface area is 138 Å². The molecule has 1 fully saturated rings. The Bertz CT molecular complexity index is 730. The Morgan fingerprint density at radius 1 is 1.33 bits per heavy atom. The van der Waals surface area contributed by atoms with Gasteiger partial charge in [-0.2, -0.15) is 0 Å². The summed E-state index contributed by atoms with van der Waals surface area (Å²) >= 11 is 0. The van der Waals surface area contributed by atoms with Crippen molar-refractivity contribution < 1.29 is 18.0 Å². The number of hydrogen-bond acceptors (Lipinski definition) is 3. The van der Waals surface area contributed by atoms with Gasteiger partial charge in [0.15, 0.2) is 0 Å². The van der Waals surface area contributed by atoms with Gasteiger partial charge < -0.3 is 14.6 Å². The van der Waals surface area contributed by atoms with Crippen LogP contribution in [0.4, 0.5) is 19.3 Å². The van der Waals surface area contributed by atoms with Gasteiger partial charge in [0.2, 0.25) is 11.8 Å². The van der Waals surface area contributed by atoms with Gasteiger partial charge in [-0.15, -0.1) is 0 Å². The minimum Gasteiger partial charge on any atom is -0.441 e. The van der Waals surface area contributed by atoms with Crippen LogP contribution in [0, 0.1) is 6.92 Å². The van der Waals surface area contributed by atoms with Crippen LogP contribution in [0.2, 0.25) is 0 Å². The van der Waals surface area contributed by atoms with Crippen LogP contribution in [0.25, 0.3) is 11.5 Å². The first kappa shape index (κ1) is 16.4. The number of likely N-dealkylation sites (tertiary alicyclic amines) is 1. The lowest BCUT2D eigenvalue weighted by Crippen LogP contribution is -2.36. The van der Waals surface area contributed by atoms with Crippen molar-refractivity contribution >= 4 is 11.7 Å². The molecule has 1 aliphatic rings. The van der Waals surface area contributed by atoms with E-state index in [0.29, 0.717) is 30.3 Å².